The lowest BCUT2D eigenvalue weighted by molar-refractivity contribution is -0.0398. The van der Waals surface area contributed by atoms with Gasteiger partial charge in [0.25, 0.3) is 0 Å². The van der Waals surface area contributed by atoms with E-state index in [4.69, 9.17) is 16.3 Å². The van der Waals surface area contributed by atoms with Crippen LogP contribution in [0.1, 0.15) is 56.6 Å². The molecular weight excluding hydrogens is 440 g/mol. The monoisotopic (exact) mass is 468 g/mol. The van der Waals surface area contributed by atoms with Crippen LogP contribution in [0.4, 0.5) is 5.95 Å². The summed E-state index contributed by atoms with van der Waals surface area (Å²) in [5, 5.41) is 26.0. The number of hydrogen-bond donors (Lipinski definition) is 3. The van der Waals surface area contributed by atoms with E-state index in [0.29, 0.717) is 36.3 Å². The molecule has 1 aliphatic carbocycles. The average Bonchev–Trinajstić information content (AvgIpc) is 2.79. The van der Waals surface area contributed by atoms with Gasteiger partial charge in [-0.05, 0) is 49.3 Å². The van der Waals surface area contributed by atoms with Crippen LogP contribution in [0, 0.1) is 0 Å². The average molecular weight is 469 g/mol. The molecule has 3 N–H and O–H groups in total. The fraction of sp³-hybridized carbons (Fsp3) is 0.480. The molecule has 2 aromatic heterocycles. The maximum absolute atomic E-state index is 11.1. The Bertz CT molecular complexity index is 1180. The molecule has 0 unspecified atom stereocenters. The molecule has 0 spiro atoms. The molecule has 0 amide bonds. The van der Waals surface area contributed by atoms with E-state index in [0.717, 1.165) is 46.9 Å². The smallest absolute Gasteiger partial charge is 0.223 e. The van der Waals surface area contributed by atoms with Crippen molar-refractivity contribution in [1.29, 1.82) is 0 Å². The van der Waals surface area contributed by atoms with E-state index in [2.05, 4.69) is 40.2 Å². The number of ether oxygens (including phenoxy) is 1. The third-order valence-electron chi connectivity index (χ3n) is 6.83. The first-order chi connectivity index (χ1) is 15.9. The molecule has 0 bridgehead atoms. The molecule has 0 radical (unpaired) electrons. The summed E-state index contributed by atoms with van der Waals surface area (Å²) in [6.07, 6.45) is 6.05. The normalized spacial score (nSPS) is 22.4. The summed E-state index contributed by atoms with van der Waals surface area (Å²) in [5.74, 6) is 0.638. The number of benzene rings is 1. The molecule has 7 nitrogen and oxygen atoms in total. The standard InChI is InChI=1S/C25H29ClN4O3/c1-14(2)22-16-10-15(4-5-19(16)27-11-17(22)25(32)7-3-8-25)23-18(26)12-28-24(30-23)29-20-6-9-33-13-21(20)31/h4-5,10-12,14,20-21,31-32H,3,6-9,13H2,1-2H3,(H,28,29,30)/t20-,21-/m1/s1. The SMILES string of the molecule is CC(C)c1c(C2(O)CCC2)cnc2ccc(-c3nc(N[C@@H]4CCOC[C@H]4O)ncc3Cl)cc12. The highest BCUT2D eigenvalue weighted by Gasteiger charge is 2.39. The second-order valence-electron chi connectivity index (χ2n) is 9.43. The first-order valence-corrected chi connectivity index (χ1v) is 11.9. The van der Waals surface area contributed by atoms with Gasteiger partial charge in [0.2, 0.25) is 5.95 Å². The zero-order chi connectivity index (χ0) is 23.2. The molecule has 2 fully saturated rings. The van der Waals surface area contributed by atoms with E-state index < -0.39 is 11.7 Å². The fourth-order valence-corrected chi connectivity index (χ4v) is 5.03. The van der Waals surface area contributed by atoms with Crippen molar-refractivity contribution in [3.05, 3.63) is 46.7 Å². The van der Waals surface area contributed by atoms with Crippen molar-refractivity contribution in [2.45, 2.75) is 63.2 Å². The number of nitrogens with zero attached hydrogens (tertiary/aromatic N) is 3. The van der Waals surface area contributed by atoms with Crippen LogP contribution in [0.5, 0.6) is 0 Å². The topological polar surface area (TPSA) is 100 Å². The Kier molecular flexibility index (Phi) is 5.99. The molecule has 8 heteroatoms. The summed E-state index contributed by atoms with van der Waals surface area (Å²) in [6.45, 7) is 5.17. The van der Waals surface area contributed by atoms with Crippen molar-refractivity contribution in [2.24, 2.45) is 0 Å². The third-order valence-corrected chi connectivity index (χ3v) is 7.10. The predicted octanol–water partition coefficient (Wildman–Crippen LogP) is 4.40. The number of aromatic nitrogens is 3. The van der Waals surface area contributed by atoms with Crippen LogP contribution in [-0.4, -0.2) is 50.5 Å². The third kappa shape index (κ3) is 4.19. The number of pyridine rings is 1. The van der Waals surface area contributed by atoms with Crippen molar-refractivity contribution in [2.75, 3.05) is 18.5 Å². The van der Waals surface area contributed by atoms with E-state index in [1.165, 1.54) is 0 Å². The van der Waals surface area contributed by atoms with Gasteiger partial charge in [0.05, 0.1) is 46.8 Å². The van der Waals surface area contributed by atoms with E-state index in [9.17, 15) is 10.2 Å². The van der Waals surface area contributed by atoms with Crippen molar-refractivity contribution < 1.29 is 14.9 Å². The van der Waals surface area contributed by atoms with Crippen LogP contribution >= 0.6 is 11.6 Å². The summed E-state index contributed by atoms with van der Waals surface area (Å²) < 4.78 is 5.30. The Balaban J connectivity index is 1.56. The molecule has 2 atom stereocenters. The predicted molar refractivity (Wildman–Crippen MR) is 128 cm³/mol. The van der Waals surface area contributed by atoms with Crippen LogP contribution in [0.2, 0.25) is 5.02 Å². The molecule has 1 aliphatic heterocycles. The van der Waals surface area contributed by atoms with Crippen molar-refractivity contribution in [3.8, 4) is 11.3 Å². The Morgan fingerprint density at radius 1 is 1.21 bits per heavy atom. The second kappa shape index (κ2) is 8.80. The number of aliphatic hydroxyl groups excluding tert-OH is 1. The van der Waals surface area contributed by atoms with Crippen molar-refractivity contribution in [1.82, 2.24) is 15.0 Å². The lowest BCUT2D eigenvalue weighted by Gasteiger charge is -2.39. The molecule has 33 heavy (non-hydrogen) atoms. The fourth-order valence-electron chi connectivity index (χ4n) is 4.83. The number of nitrogens with one attached hydrogen (secondary N) is 1. The lowest BCUT2D eigenvalue weighted by Crippen LogP contribution is -2.42. The van der Waals surface area contributed by atoms with E-state index >= 15 is 0 Å². The number of fused-ring (bicyclic) bond motifs is 1. The first kappa shape index (κ1) is 22.5. The van der Waals surface area contributed by atoms with Crippen LogP contribution in [0.25, 0.3) is 22.2 Å². The molecule has 3 aromatic rings. The Morgan fingerprint density at radius 2 is 2.03 bits per heavy atom. The quantitative estimate of drug-likeness (QED) is 0.510. The van der Waals surface area contributed by atoms with Gasteiger partial charge in [-0.15, -0.1) is 0 Å². The molecule has 2 aliphatic rings. The number of anilines is 1. The molecule has 1 saturated heterocycles. The maximum atomic E-state index is 11.1. The number of halogens is 1. The van der Waals surface area contributed by atoms with Crippen LogP contribution < -0.4 is 5.32 Å². The highest BCUT2D eigenvalue weighted by molar-refractivity contribution is 6.33. The maximum Gasteiger partial charge on any atom is 0.223 e. The molecular formula is C25H29ClN4O3. The number of hydrogen-bond acceptors (Lipinski definition) is 7. The largest absolute Gasteiger partial charge is 0.389 e. The number of aliphatic hydroxyl groups is 2. The zero-order valence-corrected chi connectivity index (χ0v) is 19.6. The van der Waals surface area contributed by atoms with E-state index in [1.807, 2.05) is 18.3 Å². The molecule has 5 rings (SSSR count). The molecule has 174 valence electrons. The minimum Gasteiger partial charge on any atom is -0.389 e. The highest BCUT2D eigenvalue weighted by atomic mass is 35.5. The van der Waals surface area contributed by atoms with Gasteiger partial charge in [0.15, 0.2) is 0 Å². The van der Waals surface area contributed by atoms with Crippen LogP contribution in [-0.2, 0) is 10.3 Å². The lowest BCUT2D eigenvalue weighted by atomic mass is 9.72. The molecule has 3 heterocycles. The van der Waals surface area contributed by atoms with Gasteiger partial charge in [-0.2, -0.15) is 0 Å². The molecule has 1 saturated carbocycles. The number of rotatable bonds is 5. The van der Waals surface area contributed by atoms with Crippen molar-refractivity contribution >= 4 is 28.5 Å². The van der Waals surface area contributed by atoms with Gasteiger partial charge in [0, 0.05) is 29.3 Å². The second-order valence-corrected chi connectivity index (χ2v) is 9.84. The zero-order valence-electron chi connectivity index (χ0n) is 18.9. The first-order valence-electron chi connectivity index (χ1n) is 11.6. The summed E-state index contributed by atoms with van der Waals surface area (Å²) >= 11 is 6.51. The Labute approximate surface area is 198 Å². The van der Waals surface area contributed by atoms with Crippen molar-refractivity contribution in [3.63, 3.8) is 0 Å². The summed E-state index contributed by atoms with van der Waals surface area (Å²) in [6, 6.07) is 5.81. The minimum absolute atomic E-state index is 0.174. The molecule has 1 aromatic carbocycles. The Morgan fingerprint density at radius 3 is 2.73 bits per heavy atom. The van der Waals surface area contributed by atoms with Gasteiger partial charge in [-0.3, -0.25) is 4.98 Å². The summed E-state index contributed by atoms with van der Waals surface area (Å²) in [4.78, 5) is 13.6. The minimum atomic E-state index is -0.787. The van der Waals surface area contributed by atoms with E-state index in [1.54, 1.807) is 6.20 Å². The van der Waals surface area contributed by atoms with Gasteiger partial charge >= 0.3 is 0 Å². The van der Waals surface area contributed by atoms with Crippen LogP contribution in [0.3, 0.4) is 0 Å². The van der Waals surface area contributed by atoms with Gasteiger partial charge < -0.3 is 20.3 Å². The highest BCUT2D eigenvalue weighted by Crippen LogP contribution is 2.45. The van der Waals surface area contributed by atoms with Crippen LogP contribution in [0.15, 0.2) is 30.6 Å². The summed E-state index contributed by atoms with van der Waals surface area (Å²) in [7, 11) is 0. The van der Waals surface area contributed by atoms with Gasteiger partial charge in [-0.25, -0.2) is 9.97 Å². The Hall–Kier alpha value is -2.32. The summed E-state index contributed by atoms with van der Waals surface area (Å²) in [5.41, 5.74) is 3.61. The van der Waals surface area contributed by atoms with E-state index in [-0.39, 0.29) is 12.0 Å². The van der Waals surface area contributed by atoms with Gasteiger partial charge in [-0.1, -0.05) is 31.5 Å². The van der Waals surface area contributed by atoms with Gasteiger partial charge in [0.1, 0.15) is 0 Å².